The Morgan fingerprint density at radius 1 is 0.968 bits per heavy atom. The van der Waals surface area contributed by atoms with Gasteiger partial charge in [0.25, 0.3) is 0 Å². The molecule has 2 aromatic carbocycles. The van der Waals surface area contributed by atoms with Gasteiger partial charge in [0.1, 0.15) is 0 Å². The van der Waals surface area contributed by atoms with Crippen molar-refractivity contribution in [1.29, 1.82) is 0 Å². The van der Waals surface area contributed by atoms with Crippen LogP contribution in [-0.4, -0.2) is 39.6 Å². The molecule has 0 aliphatic carbocycles. The first kappa shape index (κ1) is 22.6. The Bertz CT molecular complexity index is 1000. The number of rotatable bonds is 10. The zero-order valence-electron chi connectivity index (χ0n) is 17.9. The third-order valence-corrected chi connectivity index (χ3v) is 5.70. The average Bonchev–Trinajstić information content (AvgIpc) is 3.14. The van der Waals surface area contributed by atoms with E-state index in [0.29, 0.717) is 6.54 Å². The van der Waals surface area contributed by atoms with Crippen LogP contribution in [0.3, 0.4) is 0 Å². The van der Waals surface area contributed by atoms with Gasteiger partial charge in [0.15, 0.2) is 0 Å². The number of hydrogen-bond acceptors (Lipinski definition) is 4. The molecule has 2 amide bonds. The maximum Gasteiger partial charge on any atom is 0.234 e. The molecule has 0 atom stereocenters. The molecule has 2 N–H and O–H groups in total. The van der Waals surface area contributed by atoms with Gasteiger partial charge in [-0.3, -0.25) is 9.59 Å². The molecule has 0 bridgehead atoms. The maximum atomic E-state index is 12.0. The molecule has 0 aliphatic rings. The molecule has 0 spiro atoms. The number of carbonyl (C=O) groups excluding carboxylic acids is 2. The number of carbonyl (C=O) groups is 2. The van der Waals surface area contributed by atoms with E-state index in [1.165, 1.54) is 17.3 Å². The summed E-state index contributed by atoms with van der Waals surface area (Å²) in [6, 6.07) is 17.7. The van der Waals surface area contributed by atoms with Gasteiger partial charge in [-0.25, -0.2) is 4.68 Å². The average molecular weight is 437 g/mol. The van der Waals surface area contributed by atoms with Crippen molar-refractivity contribution >= 4 is 29.3 Å². The van der Waals surface area contributed by atoms with Crippen LogP contribution in [0.4, 0.5) is 5.69 Å². The van der Waals surface area contributed by atoms with Crippen molar-refractivity contribution in [2.24, 2.45) is 0 Å². The molecule has 0 aliphatic heterocycles. The number of benzene rings is 2. The fourth-order valence-corrected chi connectivity index (χ4v) is 3.73. The fourth-order valence-electron chi connectivity index (χ4n) is 3.08. The van der Waals surface area contributed by atoms with Gasteiger partial charge in [-0.1, -0.05) is 35.9 Å². The molecule has 6 nitrogen and oxygen atoms in total. The molecule has 7 heteroatoms. The van der Waals surface area contributed by atoms with Crippen LogP contribution in [0.25, 0.3) is 5.69 Å². The minimum Gasteiger partial charge on any atom is -0.355 e. The third kappa shape index (κ3) is 7.29. The lowest BCUT2D eigenvalue weighted by Crippen LogP contribution is -2.27. The van der Waals surface area contributed by atoms with Crippen molar-refractivity contribution in [3.8, 4) is 5.69 Å². The fraction of sp³-hybridized carbons (Fsp3) is 0.292. The second-order valence-corrected chi connectivity index (χ2v) is 8.37. The first-order chi connectivity index (χ1) is 15.0. The number of nitrogens with one attached hydrogen (secondary N) is 2. The molecule has 162 valence electrons. The Labute approximate surface area is 187 Å². The lowest BCUT2D eigenvalue weighted by molar-refractivity contribution is -0.118. The number of amides is 2. The van der Waals surface area contributed by atoms with Crippen LogP contribution in [-0.2, 0) is 16.0 Å². The quantitative estimate of drug-likeness (QED) is 0.473. The van der Waals surface area contributed by atoms with Gasteiger partial charge >= 0.3 is 0 Å². The van der Waals surface area contributed by atoms with Gasteiger partial charge < -0.3 is 10.6 Å². The van der Waals surface area contributed by atoms with Crippen LogP contribution in [0.1, 0.15) is 23.2 Å². The number of anilines is 1. The maximum absolute atomic E-state index is 12.0. The summed E-state index contributed by atoms with van der Waals surface area (Å²) in [4.78, 5) is 24.0. The van der Waals surface area contributed by atoms with E-state index in [0.717, 1.165) is 35.5 Å². The molecule has 1 aromatic heterocycles. The highest BCUT2D eigenvalue weighted by Gasteiger charge is 2.08. The number of aromatic nitrogens is 2. The summed E-state index contributed by atoms with van der Waals surface area (Å²) < 4.78 is 1.89. The summed E-state index contributed by atoms with van der Waals surface area (Å²) >= 11 is 1.31. The minimum atomic E-state index is -0.104. The molecule has 31 heavy (non-hydrogen) atoms. The molecule has 0 radical (unpaired) electrons. The van der Waals surface area contributed by atoms with Gasteiger partial charge in [0, 0.05) is 18.4 Å². The van der Waals surface area contributed by atoms with E-state index in [9.17, 15) is 9.59 Å². The normalized spacial score (nSPS) is 10.6. The highest BCUT2D eigenvalue weighted by Crippen LogP contribution is 2.13. The van der Waals surface area contributed by atoms with Crippen molar-refractivity contribution in [1.82, 2.24) is 15.1 Å². The van der Waals surface area contributed by atoms with Crippen molar-refractivity contribution < 1.29 is 9.59 Å². The van der Waals surface area contributed by atoms with Gasteiger partial charge in [-0.15, -0.1) is 11.8 Å². The highest BCUT2D eigenvalue weighted by atomic mass is 32.2. The number of hydrogen-bond donors (Lipinski definition) is 2. The summed E-state index contributed by atoms with van der Waals surface area (Å²) in [5.74, 6) is 0.364. The molecule has 0 fully saturated rings. The second-order valence-electron chi connectivity index (χ2n) is 7.38. The van der Waals surface area contributed by atoms with Gasteiger partial charge in [0.05, 0.1) is 22.9 Å². The predicted octanol–water partition coefficient (Wildman–Crippen LogP) is 3.91. The van der Waals surface area contributed by atoms with Crippen molar-refractivity contribution in [3.63, 3.8) is 0 Å². The van der Waals surface area contributed by atoms with E-state index in [-0.39, 0.29) is 23.3 Å². The molecular formula is C24H28N4O2S. The van der Waals surface area contributed by atoms with E-state index < -0.39 is 0 Å². The van der Waals surface area contributed by atoms with Crippen LogP contribution < -0.4 is 10.6 Å². The Kier molecular flexibility index (Phi) is 8.29. The highest BCUT2D eigenvalue weighted by molar-refractivity contribution is 8.00. The van der Waals surface area contributed by atoms with Crippen molar-refractivity contribution in [2.45, 2.75) is 26.7 Å². The monoisotopic (exact) mass is 436 g/mol. The van der Waals surface area contributed by atoms with Gasteiger partial charge in [-0.2, -0.15) is 5.10 Å². The van der Waals surface area contributed by atoms with E-state index in [4.69, 9.17) is 0 Å². The molecular weight excluding hydrogens is 408 g/mol. The number of thioether (sulfide) groups is 1. The summed E-state index contributed by atoms with van der Waals surface area (Å²) in [6.07, 6.45) is 3.74. The van der Waals surface area contributed by atoms with Crippen LogP contribution in [0.2, 0.25) is 0 Å². The third-order valence-electron chi connectivity index (χ3n) is 4.77. The summed E-state index contributed by atoms with van der Waals surface area (Å²) in [6.45, 7) is 4.61. The van der Waals surface area contributed by atoms with E-state index in [1.54, 1.807) is 0 Å². The Morgan fingerprint density at radius 3 is 2.42 bits per heavy atom. The standard InChI is InChI=1S/C24H28N4O2S/c1-18-10-12-21(13-11-18)26-24(30)17-31-16-23(29)25-14-6-7-20-15-28(27-19(20)2)22-8-4-3-5-9-22/h3-5,8-13,15H,6-7,14,16-17H2,1-2H3,(H,25,29)(H,26,30). The van der Waals surface area contributed by atoms with Gasteiger partial charge in [0.2, 0.25) is 11.8 Å². The molecule has 0 unspecified atom stereocenters. The smallest absolute Gasteiger partial charge is 0.234 e. The molecule has 3 aromatic rings. The number of aryl methyl sites for hydroxylation is 3. The van der Waals surface area contributed by atoms with Crippen LogP contribution in [0, 0.1) is 13.8 Å². The van der Waals surface area contributed by atoms with E-state index in [1.807, 2.05) is 73.1 Å². The lowest BCUT2D eigenvalue weighted by Gasteiger charge is -2.06. The van der Waals surface area contributed by atoms with Crippen LogP contribution in [0.15, 0.2) is 60.8 Å². The van der Waals surface area contributed by atoms with Crippen LogP contribution in [0.5, 0.6) is 0 Å². The second kappa shape index (κ2) is 11.4. The molecule has 0 saturated heterocycles. The number of para-hydroxylation sites is 1. The van der Waals surface area contributed by atoms with E-state index in [2.05, 4.69) is 21.9 Å². The lowest BCUT2D eigenvalue weighted by atomic mass is 10.1. The first-order valence-electron chi connectivity index (χ1n) is 10.3. The van der Waals surface area contributed by atoms with E-state index >= 15 is 0 Å². The van der Waals surface area contributed by atoms with Crippen molar-refractivity contribution in [3.05, 3.63) is 77.6 Å². The summed E-state index contributed by atoms with van der Waals surface area (Å²) in [5.41, 5.74) is 5.13. The number of nitrogens with zero attached hydrogens (tertiary/aromatic N) is 2. The Hall–Kier alpha value is -3.06. The summed E-state index contributed by atoms with van der Waals surface area (Å²) in [7, 11) is 0. The molecule has 3 rings (SSSR count). The predicted molar refractivity (Wildman–Crippen MR) is 127 cm³/mol. The first-order valence-corrected chi connectivity index (χ1v) is 11.5. The Balaban J connectivity index is 1.31. The summed E-state index contributed by atoms with van der Waals surface area (Å²) in [5, 5.41) is 10.3. The molecule has 1 heterocycles. The largest absolute Gasteiger partial charge is 0.355 e. The SMILES string of the molecule is Cc1ccc(NC(=O)CSCC(=O)NCCCc2cn(-c3ccccc3)nc2C)cc1. The Morgan fingerprint density at radius 2 is 1.68 bits per heavy atom. The van der Waals surface area contributed by atoms with Crippen molar-refractivity contribution in [2.75, 3.05) is 23.4 Å². The zero-order chi connectivity index (χ0) is 22.1. The van der Waals surface area contributed by atoms with Gasteiger partial charge in [-0.05, 0) is 56.5 Å². The van der Waals surface area contributed by atoms with Crippen LogP contribution >= 0.6 is 11.8 Å². The zero-order valence-corrected chi connectivity index (χ0v) is 18.7. The minimum absolute atomic E-state index is 0.0511. The topological polar surface area (TPSA) is 76.0 Å². The molecule has 0 saturated carbocycles.